The molecule has 3 nitrogen and oxygen atoms in total. The monoisotopic (exact) mass is 445 g/mol. The molecule has 0 rings (SSSR count). The van der Waals surface area contributed by atoms with Crippen molar-refractivity contribution in [1.82, 2.24) is 0 Å². The number of rotatable bonds is 21. The Morgan fingerprint density at radius 1 is 0.800 bits per heavy atom. The van der Waals surface area contributed by atoms with Crippen LogP contribution in [0.15, 0.2) is 12.7 Å². The first-order chi connectivity index (χ1) is 13.9. The summed E-state index contributed by atoms with van der Waals surface area (Å²) in [4.78, 5) is 11.3. The van der Waals surface area contributed by atoms with Crippen molar-refractivity contribution in [2.75, 3.05) is 27.2 Å². The van der Waals surface area contributed by atoms with Gasteiger partial charge in [0, 0.05) is 6.08 Å². The first kappa shape index (κ1) is 31.6. The van der Waals surface area contributed by atoms with Crippen LogP contribution in [0.3, 0.4) is 0 Å². The third-order valence-electron chi connectivity index (χ3n) is 5.85. The lowest BCUT2D eigenvalue weighted by molar-refractivity contribution is -0.893. The second-order valence-electron chi connectivity index (χ2n) is 9.60. The van der Waals surface area contributed by atoms with Crippen molar-refractivity contribution in [2.45, 2.75) is 123 Å². The number of halogens is 1. The highest BCUT2D eigenvalue weighted by Gasteiger charge is 2.20. The van der Waals surface area contributed by atoms with Crippen LogP contribution in [0.4, 0.5) is 0 Å². The van der Waals surface area contributed by atoms with Crippen LogP contribution in [0, 0.1) is 0 Å². The van der Waals surface area contributed by atoms with E-state index in [1.54, 1.807) is 0 Å². The number of ether oxygens (including phenoxy) is 1. The van der Waals surface area contributed by atoms with E-state index < -0.39 is 0 Å². The summed E-state index contributed by atoms with van der Waals surface area (Å²) in [7, 11) is 4.45. The average molecular weight is 446 g/mol. The minimum absolute atomic E-state index is 0. The molecule has 0 aromatic heterocycles. The van der Waals surface area contributed by atoms with E-state index in [0.29, 0.717) is 0 Å². The van der Waals surface area contributed by atoms with Crippen LogP contribution in [0.2, 0.25) is 0 Å². The molecule has 30 heavy (non-hydrogen) atoms. The van der Waals surface area contributed by atoms with E-state index in [-0.39, 0.29) is 24.5 Å². The Hall–Kier alpha value is -0.540. The van der Waals surface area contributed by atoms with Crippen LogP contribution in [0.1, 0.15) is 117 Å². The Balaban J connectivity index is 0. The van der Waals surface area contributed by atoms with Gasteiger partial charge < -0.3 is 21.6 Å². The van der Waals surface area contributed by atoms with Gasteiger partial charge in [0.15, 0.2) is 0 Å². The van der Waals surface area contributed by atoms with Gasteiger partial charge in [0.25, 0.3) is 0 Å². The minimum Gasteiger partial charge on any atom is -1.00 e. The normalized spacial score (nSPS) is 12.3. The van der Waals surface area contributed by atoms with Crippen LogP contribution in [-0.2, 0) is 9.53 Å². The zero-order valence-corrected chi connectivity index (χ0v) is 21.5. The topological polar surface area (TPSA) is 26.3 Å². The molecule has 0 saturated heterocycles. The molecular weight excluding hydrogens is 394 g/mol. The molecule has 0 saturated carbocycles. The lowest BCUT2D eigenvalue weighted by atomic mass is 10.0. The average Bonchev–Trinajstić information content (AvgIpc) is 2.66. The van der Waals surface area contributed by atoms with Crippen molar-refractivity contribution in [3.63, 3.8) is 0 Å². The maximum atomic E-state index is 11.3. The van der Waals surface area contributed by atoms with Crippen molar-refractivity contribution < 1.29 is 26.4 Å². The fourth-order valence-electron chi connectivity index (χ4n) is 4.16. The fraction of sp³-hybridized carbons (Fsp3) is 0.885. The van der Waals surface area contributed by atoms with E-state index in [1.807, 2.05) is 6.92 Å². The van der Waals surface area contributed by atoms with Crippen molar-refractivity contribution >= 4 is 5.97 Å². The maximum Gasteiger partial charge on any atom is 0.330 e. The van der Waals surface area contributed by atoms with E-state index >= 15 is 0 Å². The summed E-state index contributed by atoms with van der Waals surface area (Å²) < 4.78 is 6.20. The highest BCUT2D eigenvalue weighted by atomic mass is 35.5. The summed E-state index contributed by atoms with van der Waals surface area (Å²) in [5, 5.41) is 0. The number of likely N-dealkylation sites (N-methyl/N-ethyl adjacent to an activating group) is 1. The molecule has 180 valence electrons. The van der Waals surface area contributed by atoms with Crippen LogP contribution >= 0.6 is 0 Å². The molecule has 0 N–H and O–H groups in total. The molecule has 0 amide bonds. The Labute approximate surface area is 195 Å². The van der Waals surface area contributed by atoms with Gasteiger partial charge in [-0.15, -0.1) is 0 Å². The Morgan fingerprint density at radius 3 is 1.53 bits per heavy atom. The maximum absolute atomic E-state index is 11.3. The lowest BCUT2D eigenvalue weighted by Gasteiger charge is -2.32. The molecule has 0 spiro atoms. The molecule has 1 atom stereocenters. The van der Waals surface area contributed by atoms with Crippen molar-refractivity contribution in [3.8, 4) is 0 Å². The zero-order valence-electron chi connectivity index (χ0n) is 20.7. The second kappa shape index (κ2) is 21.7. The quantitative estimate of drug-likeness (QED) is 0.113. The van der Waals surface area contributed by atoms with E-state index in [0.717, 1.165) is 17.6 Å². The number of hydrogen-bond acceptors (Lipinski definition) is 2. The van der Waals surface area contributed by atoms with Crippen molar-refractivity contribution in [2.24, 2.45) is 0 Å². The molecule has 0 heterocycles. The lowest BCUT2D eigenvalue weighted by Crippen LogP contribution is -3.00. The standard InChI is InChI=1S/C26H52NO2.ClH/c1-6-8-9-10-11-12-13-14-15-16-17-18-19-20-21-22-23-27(4,5)24-25(3)29-26(28)7-2;/h7,25H,2,6,8-24H2,1,3-5H3;1H/q+1;/p-1. The van der Waals surface area contributed by atoms with Crippen LogP contribution < -0.4 is 12.4 Å². The number of quaternary nitrogens is 1. The van der Waals surface area contributed by atoms with Crippen LogP contribution in [0.25, 0.3) is 0 Å². The van der Waals surface area contributed by atoms with Gasteiger partial charge in [0.05, 0.1) is 20.6 Å². The largest absolute Gasteiger partial charge is 1.00 e. The molecule has 0 aliphatic heterocycles. The highest BCUT2D eigenvalue weighted by molar-refractivity contribution is 5.81. The van der Waals surface area contributed by atoms with E-state index in [1.165, 1.54) is 109 Å². The molecule has 0 aromatic rings. The van der Waals surface area contributed by atoms with Crippen molar-refractivity contribution in [3.05, 3.63) is 12.7 Å². The molecule has 0 bridgehead atoms. The predicted molar refractivity (Wildman–Crippen MR) is 127 cm³/mol. The van der Waals surface area contributed by atoms with E-state index in [4.69, 9.17) is 4.74 Å². The fourth-order valence-corrected chi connectivity index (χ4v) is 4.16. The zero-order chi connectivity index (χ0) is 21.8. The molecule has 0 fully saturated rings. The smallest absolute Gasteiger partial charge is 0.330 e. The van der Waals surface area contributed by atoms with Gasteiger partial charge in [-0.05, 0) is 19.8 Å². The Bertz CT molecular complexity index is 398. The number of nitrogens with zero attached hydrogens (tertiary/aromatic N) is 1. The van der Waals surface area contributed by atoms with E-state index in [2.05, 4.69) is 27.6 Å². The Kier molecular flexibility index (Phi) is 22.9. The molecule has 1 unspecified atom stereocenters. The van der Waals surface area contributed by atoms with Gasteiger partial charge in [-0.2, -0.15) is 0 Å². The minimum atomic E-state index is -0.320. The predicted octanol–water partition coefficient (Wildman–Crippen LogP) is 4.45. The summed E-state index contributed by atoms with van der Waals surface area (Å²) in [5.41, 5.74) is 0. The highest BCUT2D eigenvalue weighted by Crippen LogP contribution is 2.14. The Morgan fingerprint density at radius 2 is 1.17 bits per heavy atom. The molecule has 0 aliphatic carbocycles. The molecule has 0 aliphatic rings. The first-order valence-corrected chi connectivity index (χ1v) is 12.6. The van der Waals surface area contributed by atoms with Gasteiger partial charge in [0.1, 0.15) is 12.6 Å². The van der Waals surface area contributed by atoms with Gasteiger partial charge >= 0.3 is 5.97 Å². The summed E-state index contributed by atoms with van der Waals surface area (Å²) in [6.45, 7) is 9.72. The molecule has 0 radical (unpaired) electrons. The molecule has 4 heteroatoms. The number of carbonyl (C=O) groups excluding carboxylic acids is 1. The van der Waals surface area contributed by atoms with Crippen molar-refractivity contribution in [1.29, 1.82) is 0 Å². The van der Waals surface area contributed by atoms with Gasteiger partial charge in [-0.25, -0.2) is 4.79 Å². The van der Waals surface area contributed by atoms with E-state index in [9.17, 15) is 4.79 Å². The van der Waals surface area contributed by atoms with Gasteiger partial charge in [-0.3, -0.25) is 0 Å². The summed E-state index contributed by atoms with van der Waals surface area (Å²) >= 11 is 0. The SMILES string of the molecule is C=CC(=O)OC(C)C[N+](C)(C)CCCCCCCCCCCCCCCCCC.[Cl-]. The number of hydrogen-bond donors (Lipinski definition) is 0. The van der Waals surface area contributed by atoms with Gasteiger partial charge in [0.2, 0.25) is 0 Å². The summed E-state index contributed by atoms with van der Waals surface area (Å²) in [6, 6.07) is 0. The number of esters is 1. The number of unbranched alkanes of at least 4 members (excludes halogenated alkanes) is 15. The van der Waals surface area contributed by atoms with Gasteiger partial charge in [-0.1, -0.05) is 103 Å². The molecular formula is C26H52ClNO2. The molecule has 0 aromatic carbocycles. The number of carbonyl (C=O) groups is 1. The third-order valence-corrected chi connectivity index (χ3v) is 5.85. The van der Waals surface area contributed by atoms with Crippen LogP contribution in [-0.4, -0.2) is 43.7 Å². The third kappa shape index (κ3) is 22.2. The first-order valence-electron chi connectivity index (χ1n) is 12.6. The second-order valence-corrected chi connectivity index (χ2v) is 9.60. The van der Waals surface area contributed by atoms with Crippen LogP contribution in [0.5, 0.6) is 0 Å². The summed E-state index contributed by atoms with van der Waals surface area (Å²) in [5.74, 6) is -0.320. The summed E-state index contributed by atoms with van der Waals surface area (Å²) in [6.07, 6.45) is 23.7.